The number of carbonyl (C=O) groups is 1. The van der Waals surface area contributed by atoms with E-state index in [1.807, 2.05) is 30.0 Å². The third kappa shape index (κ3) is 5.33. The predicted molar refractivity (Wildman–Crippen MR) is 93.0 cm³/mol. The predicted octanol–water partition coefficient (Wildman–Crippen LogP) is 2.52. The Balaban J connectivity index is 1.89. The van der Waals surface area contributed by atoms with Crippen molar-refractivity contribution in [3.8, 4) is 0 Å². The summed E-state index contributed by atoms with van der Waals surface area (Å²) in [7, 11) is 0. The van der Waals surface area contributed by atoms with Gasteiger partial charge in [-0.05, 0) is 58.2 Å². The van der Waals surface area contributed by atoms with Crippen LogP contribution in [0.4, 0.5) is 0 Å². The third-order valence-electron chi connectivity index (χ3n) is 4.81. The summed E-state index contributed by atoms with van der Waals surface area (Å²) in [6.07, 6.45) is 1.72. The van der Waals surface area contributed by atoms with E-state index in [9.17, 15) is 9.90 Å². The van der Waals surface area contributed by atoms with Crippen molar-refractivity contribution in [3.05, 3.63) is 35.9 Å². The number of aliphatic hydroxyl groups excluding tert-OH is 1. The van der Waals surface area contributed by atoms with E-state index in [0.717, 1.165) is 25.9 Å². The van der Waals surface area contributed by atoms with Crippen LogP contribution in [0.5, 0.6) is 0 Å². The van der Waals surface area contributed by atoms with Crippen LogP contribution in [-0.2, 0) is 11.3 Å². The molecule has 1 aliphatic heterocycles. The second kappa shape index (κ2) is 8.46. The van der Waals surface area contributed by atoms with Crippen molar-refractivity contribution in [1.82, 2.24) is 9.80 Å². The van der Waals surface area contributed by atoms with Gasteiger partial charge in [-0.25, -0.2) is 0 Å². The van der Waals surface area contributed by atoms with E-state index in [-0.39, 0.29) is 18.1 Å². The van der Waals surface area contributed by atoms with Crippen molar-refractivity contribution in [2.75, 3.05) is 19.6 Å². The van der Waals surface area contributed by atoms with Gasteiger partial charge in [-0.15, -0.1) is 0 Å². The summed E-state index contributed by atoms with van der Waals surface area (Å²) < 4.78 is 0. The Kier molecular flexibility index (Phi) is 6.60. The van der Waals surface area contributed by atoms with E-state index < -0.39 is 0 Å². The molecule has 1 saturated heterocycles. The number of likely N-dealkylation sites (tertiary alicyclic amines) is 1. The SMILES string of the molecule is CC(O)C1CCN(CC(=O)N(Cc2ccccc2)C(C)C)CC1. The highest BCUT2D eigenvalue weighted by Gasteiger charge is 2.26. The summed E-state index contributed by atoms with van der Waals surface area (Å²) in [5, 5.41) is 9.68. The van der Waals surface area contributed by atoms with Gasteiger partial charge in [0.05, 0.1) is 12.6 Å². The van der Waals surface area contributed by atoms with E-state index in [0.29, 0.717) is 19.0 Å². The van der Waals surface area contributed by atoms with Gasteiger partial charge in [-0.1, -0.05) is 30.3 Å². The lowest BCUT2D eigenvalue weighted by Gasteiger charge is -2.35. The van der Waals surface area contributed by atoms with E-state index in [4.69, 9.17) is 0 Å². The molecule has 0 aliphatic carbocycles. The maximum atomic E-state index is 12.7. The molecular formula is C19H30N2O2. The highest BCUT2D eigenvalue weighted by Crippen LogP contribution is 2.20. The smallest absolute Gasteiger partial charge is 0.237 e. The van der Waals surface area contributed by atoms with Gasteiger partial charge < -0.3 is 10.0 Å². The number of rotatable bonds is 6. The van der Waals surface area contributed by atoms with Gasteiger partial charge in [-0.2, -0.15) is 0 Å². The van der Waals surface area contributed by atoms with Gasteiger partial charge in [0.15, 0.2) is 0 Å². The van der Waals surface area contributed by atoms with Gasteiger partial charge >= 0.3 is 0 Å². The standard InChI is InChI=1S/C19H30N2O2/c1-15(2)21(13-17-7-5-4-6-8-17)19(23)14-20-11-9-18(10-12-20)16(3)22/h4-8,15-16,18,22H,9-14H2,1-3H3. The Hall–Kier alpha value is -1.39. The number of piperidine rings is 1. The summed E-state index contributed by atoms with van der Waals surface area (Å²) in [6, 6.07) is 10.3. The molecule has 1 aromatic rings. The molecule has 1 amide bonds. The molecule has 0 radical (unpaired) electrons. The Labute approximate surface area is 140 Å². The van der Waals surface area contributed by atoms with Gasteiger partial charge in [0, 0.05) is 12.6 Å². The lowest BCUT2D eigenvalue weighted by atomic mass is 9.92. The summed E-state index contributed by atoms with van der Waals surface area (Å²) in [5.41, 5.74) is 1.17. The van der Waals surface area contributed by atoms with E-state index in [1.54, 1.807) is 0 Å². The molecule has 1 N–H and O–H groups in total. The third-order valence-corrected chi connectivity index (χ3v) is 4.81. The topological polar surface area (TPSA) is 43.8 Å². The van der Waals surface area contributed by atoms with Crippen LogP contribution in [0.3, 0.4) is 0 Å². The summed E-state index contributed by atoms with van der Waals surface area (Å²) in [4.78, 5) is 16.9. The Morgan fingerprint density at radius 2 is 1.83 bits per heavy atom. The fourth-order valence-corrected chi connectivity index (χ4v) is 3.21. The molecule has 23 heavy (non-hydrogen) atoms. The summed E-state index contributed by atoms with van der Waals surface area (Å²) >= 11 is 0. The highest BCUT2D eigenvalue weighted by molar-refractivity contribution is 5.78. The van der Waals surface area contributed by atoms with Gasteiger partial charge in [0.1, 0.15) is 0 Å². The number of hydrogen-bond donors (Lipinski definition) is 1. The van der Waals surface area contributed by atoms with Gasteiger partial charge in [0.2, 0.25) is 5.91 Å². The van der Waals surface area contributed by atoms with Crippen LogP contribution in [0.2, 0.25) is 0 Å². The van der Waals surface area contributed by atoms with Crippen LogP contribution in [0.15, 0.2) is 30.3 Å². The van der Waals surface area contributed by atoms with Crippen molar-refractivity contribution in [2.45, 2.75) is 52.3 Å². The molecule has 1 aliphatic rings. The fraction of sp³-hybridized carbons (Fsp3) is 0.632. The van der Waals surface area contributed by atoms with Crippen molar-refractivity contribution < 1.29 is 9.90 Å². The lowest BCUT2D eigenvalue weighted by Crippen LogP contribution is -2.46. The lowest BCUT2D eigenvalue weighted by molar-refractivity contribution is -0.135. The first-order valence-electron chi connectivity index (χ1n) is 8.71. The minimum absolute atomic E-state index is 0.192. The first-order chi connectivity index (χ1) is 11.0. The van der Waals surface area contributed by atoms with Crippen LogP contribution >= 0.6 is 0 Å². The molecular weight excluding hydrogens is 288 g/mol. The summed E-state index contributed by atoms with van der Waals surface area (Å²) in [5.74, 6) is 0.575. The quantitative estimate of drug-likeness (QED) is 0.876. The average Bonchev–Trinajstić information content (AvgIpc) is 2.53. The van der Waals surface area contributed by atoms with Crippen LogP contribution in [0.25, 0.3) is 0 Å². The summed E-state index contributed by atoms with van der Waals surface area (Å²) in [6.45, 7) is 8.96. The zero-order valence-corrected chi connectivity index (χ0v) is 14.6. The van der Waals surface area contributed by atoms with Crippen LogP contribution in [-0.4, -0.2) is 52.6 Å². The second-order valence-electron chi connectivity index (χ2n) is 6.96. The van der Waals surface area contributed by atoms with Crippen LogP contribution in [0.1, 0.15) is 39.2 Å². The molecule has 0 aromatic heterocycles. The largest absolute Gasteiger partial charge is 0.393 e. The van der Waals surface area contributed by atoms with Crippen molar-refractivity contribution in [2.24, 2.45) is 5.92 Å². The molecule has 2 rings (SSSR count). The molecule has 1 unspecified atom stereocenters. The molecule has 4 heteroatoms. The number of carbonyl (C=O) groups excluding carboxylic acids is 1. The molecule has 128 valence electrons. The molecule has 1 aromatic carbocycles. The minimum atomic E-state index is -0.238. The number of hydrogen-bond acceptors (Lipinski definition) is 3. The van der Waals surface area contributed by atoms with Crippen molar-refractivity contribution in [1.29, 1.82) is 0 Å². The normalized spacial score (nSPS) is 18.1. The number of aliphatic hydroxyl groups is 1. The molecule has 4 nitrogen and oxygen atoms in total. The monoisotopic (exact) mass is 318 g/mol. The van der Waals surface area contributed by atoms with Crippen molar-refractivity contribution in [3.63, 3.8) is 0 Å². The number of nitrogens with zero attached hydrogens (tertiary/aromatic N) is 2. The number of amides is 1. The van der Waals surface area contributed by atoms with E-state index in [2.05, 4.69) is 30.9 Å². The van der Waals surface area contributed by atoms with Crippen molar-refractivity contribution >= 4 is 5.91 Å². The molecule has 0 saturated carbocycles. The second-order valence-corrected chi connectivity index (χ2v) is 6.96. The van der Waals surface area contributed by atoms with E-state index in [1.165, 1.54) is 5.56 Å². The van der Waals surface area contributed by atoms with E-state index >= 15 is 0 Å². The molecule has 1 fully saturated rings. The minimum Gasteiger partial charge on any atom is -0.393 e. The Morgan fingerprint density at radius 3 is 2.35 bits per heavy atom. The fourth-order valence-electron chi connectivity index (χ4n) is 3.21. The maximum Gasteiger partial charge on any atom is 0.237 e. The molecule has 1 atom stereocenters. The van der Waals surface area contributed by atoms with Crippen LogP contribution in [0, 0.1) is 5.92 Å². The Morgan fingerprint density at radius 1 is 1.22 bits per heavy atom. The first kappa shape index (κ1) is 18.0. The Bertz CT molecular complexity index is 479. The maximum absolute atomic E-state index is 12.7. The molecule has 0 spiro atoms. The van der Waals surface area contributed by atoms with Gasteiger partial charge in [-0.3, -0.25) is 9.69 Å². The average molecular weight is 318 g/mol. The zero-order chi connectivity index (χ0) is 16.8. The van der Waals surface area contributed by atoms with Crippen LogP contribution < -0.4 is 0 Å². The number of benzene rings is 1. The highest BCUT2D eigenvalue weighted by atomic mass is 16.3. The molecule has 1 heterocycles. The van der Waals surface area contributed by atoms with Gasteiger partial charge in [0.25, 0.3) is 0 Å². The molecule has 0 bridgehead atoms. The zero-order valence-electron chi connectivity index (χ0n) is 14.6. The first-order valence-corrected chi connectivity index (χ1v) is 8.71.